The SMILES string of the molecule is CCn1cc(S(=O)(=O)N2CCC(N3CC(=O)N(C4CC4)C3=O)CC2)nc1C. The van der Waals surface area contributed by atoms with Crippen molar-refractivity contribution in [2.45, 2.75) is 63.2 Å². The summed E-state index contributed by atoms with van der Waals surface area (Å²) in [6.07, 6.45) is 4.43. The molecule has 0 radical (unpaired) electrons. The van der Waals surface area contributed by atoms with Gasteiger partial charge in [0.05, 0.1) is 0 Å². The molecular formula is C17H25N5O4S. The molecule has 0 N–H and O–H groups in total. The lowest BCUT2D eigenvalue weighted by atomic mass is 10.1. The second-order valence-corrected chi connectivity index (χ2v) is 9.34. The Morgan fingerprint density at radius 3 is 2.33 bits per heavy atom. The molecule has 27 heavy (non-hydrogen) atoms. The first-order valence-electron chi connectivity index (χ1n) is 9.49. The third kappa shape index (κ3) is 3.14. The van der Waals surface area contributed by atoms with Crippen LogP contribution in [0.25, 0.3) is 0 Å². The van der Waals surface area contributed by atoms with Gasteiger partial charge in [-0.25, -0.2) is 18.2 Å². The van der Waals surface area contributed by atoms with E-state index in [0.29, 0.717) is 38.3 Å². The third-order valence-electron chi connectivity index (χ3n) is 5.70. The molecule has 1 aromatic rings. The van der Waals surface area contributed by atoms with E-state index >= 15 is 0 Å². The first kappa shape index (κ1) is 18.4. The number of sulfonamides is 1. The second-order valence-electron chi connectivity index (χ2n) is 7.45. The maximum Gasteiger partial charge on any atom is 0.327 e. The highest BCUT2D eigenvalue weighted by molar-refractivity contribution is 7.89. The van der Waals surface area contributed by atoms with Gasteiger partial charge in [-0.3, -0.25) is 9.69 Å². The Labute approximate surface area is 159 Å². The van der Waals surface area contributed by atoms with Gasteiger partial charge in [-0.2, -0.15) is 4.31 Å². The highest BCUT2D eigenvalue weighted by Gasteiger charge is 2.47. The van der Waals surface area contributed by atoms with E-state index in [9.17, 15) is 18.0 Å². The fourth-order valence-electron chi connectivity index (χ4n) is 3.96. The lowest BCUT2D eigenvalue weighted by Crippen LogP contribution is -2.48. The van der Waals surface area contributed by atoms with E-state index in [2.05, 4.69) is 4.98 Å². The second kappa shape index (κ2) is 6.59. The van der Waals surface area contributed by atoms with Crippen LogP contribution in [0.5, 0.6) is 0 Å². The van der Waals surface area contributed by atoms with Crippen molar-refractivity contribution in [2.24, 2.45) is 0 Å². The molecule has 3 fully saturated rings. The Morgan fingerprint density at radius 2 is 1.78 bits per heavy atom. The monoisotopic (exact) mass is 395 g/mol. The van der Waals surface area contributed by atoms with Crippen molar-refractivity contribution in [2.75, 3.05) is 19.6 Å². The van der Waals surface area contributed by atoms with Gasteiger partial charge >= 0.3 is 6.03 Å². The molecular weight excluding hydrogens is 370 g/mol. The first-order valence-corrected chi connectivity index (χ1v) is 10.9. The molecule has 148 valence electrons. The molecule has 10 heteroatoms. The molecule has 1 saturated carbocycles. The van der Waals surface area contributed by atoms with Crippen LogP contribution in [0, 0.1) is 6.92 Å². The molecule has 2 aliphatic heterocycles. The Kier molecular flexibility index (Phi) is 4.50. The molecule has 1 aromatic heterocycles. The molecule has 9 nitrogen and oxygen atoms in total. The minimum Gasteiger partial charge on any atom is -0.334 e. The number of imidazole rings is 1. The maximum atomic E-state index is 12.9. The zero-order chi connectivity index (χ0) is 19.3. The molecule has 2 saturated heterocycles. The van der Waals surface area contributed by atoms with Gasteiger partial charge < -0.3 is 9.47 Å². The van der Waals surface area contributed by atoms with E-state index in [1.54, 1.807) is 22.6 Å². The Balaban J connectivity index is 1.42. The average molecular weight is 395 g/mol. The van der Waals surface area contributed by atoms with Gasteiger partial charge in [0.25, 0.3) is 15.9 Å². The number of aryl methyl sites for hydroxylation is 2. The number of aromatic nitrogens is 2. The van der Waals surface area contributed by atoms with Crippen molar-refractivity contribution in [3.8, 4) is 0 Å². The lowest BCUT2D eigenvalue weighted by Gasteiger charge is -2.35. The van der Waals surface area contributed by atoms with Gasteiger partial charge in [-0.15, -0.1) is 0 Å². The van der Waals surface area contributed by atoms with Crippen molar-refractivity contribution in [1.82, 2.24) is 23.7 Å². The highest BCUT2D eigenvalue weighted by Crippen LogP contribution is 2.33. The number of amides is 3. The summed E-state index contributed by atoms with van der Waals surface area (Å²) in [6.45, 7) is 5.16. The highest BCUT2D eigenvalue weighted by atomic mass is 32.2. The zero-order valence-electron chi connectivity index (χ0n) is 15.7. The van der Waals surface area contributed by atoms with E-state index in [1.807, 2.05) is 6.92 Å². The number of hydrogen-bond acceptors (Lipinski definition) is 5. The smallest absolute Gasteiger partial charge is 0.327 e. The van der Waals surface area contributed by atoms with Crippen LogP contribution in [0.1, 0.15) is 38.4 Å². The van der Waals surface area contributed by atoms with Gasteiger partial charge in [0.15, 0.2) is 5.03 Å². The molecule has 0 bridgehead atoms. The summed E-state index contributed by atoms with van der Waals surface area (Å²) in [7, 11) is -3.64. The first-order chi connectivity index (χ1) is 12.8. The number of carbonyl (C=O) groups excluding carboxylic acids is 2. The number of carbonyl (C=O) groups is 2. The van der Waals surface area contributed by atoms with Gasteiger partial charge in [-0.05, 0) is 39.5 Å². The summed E-state index contributed by atoms with van der Waals surface area (Å²) >= 11 is 0. The van der Waals surface area contributed by atoms with Crippen molar-refractivity contribution in [3.05, 3.63) is 12.0 Å². The maximum absolute atomic E-state index is 12.9. The Morgan fingerprint density at radius 1 is 1.11 bits per heavy atom. The number of hydrogen-bond donors (Lipinski definition) is 0. The van der Waals surface area contributed by atoms with E-state index in [1.165, 1.54) is 9.21 Å². The van der Waals surface area contributed by atoms with Crippen LogP contribution in [-0.2, 0) is 21.4 Å². The van der Waals surface area contributed by atoms with E-state index in [0.717, 1.165) is 12.8 Å². The van der Waals surface area contributed by atoms with E-state index in [4.69, 9.17) is 0 Å². The minimum atomic E-state index is -3.64. The number of urea groups is 1. The largest absolute Gasteiger partial charge is 0.334 e. The van der Waals surface area contributed by atoms with Gasteiger partial charge in [-0.1, -0.05) is 0 Å². The molecule has 0 atom stereocenters. The quantitative estimate of drug-likeness (QED) is 0.687. The average Bonchev–Trinajstić information content (AvgIpc) is 3.33. The lowest BCUT2D eigenvalue weighted by molar-refractivity contribution is -0.125. The van der Waals surface area contributed by atoms with Crippen LogP contribution < -0.4 is 0 Å². The Bertz CT molecular complexity index is 868. The van der Waals surface area contributed by atoms with Crippen molar-refractivity contribution in [3.63, 3.8) is 0 Å². The molecule has 0 spiro atoms. The zero-order valence-corrected chi connectivity index (χ0v) is 16.5. The summed E-state index contributed by atoms with van der Waals surface area (Å²) in [5, 5.41) is 0.0765. The van der Waals surface area contributed by atoms with Crippen LogP contribution in [-0.4, -0.2) is 75.7 Å². The number of piperidine rings is 1. The molecule has 3 heterocycles. The summed E-state index contributed by atoms with van der Waals surface area (Å²) in [6, 6.07) is -0.222. The fourth-order valence-corrected chi connectivity index (χ4v) is 5.43. The molecule has 3 aliphatic rings. The van der Waals surface area contributed by atoms with Crippen LogP contribution >= 0.6 is 0 Å². The van der Waals surface area contributed by atoms with Crippen molar-refractivity contribution < 1.29 is 18.0 Å². The van der Waals surface area contributed by atoms with Crippen molar-refractivity contribution >= 4 is 22.0 Å². The molecule has 4 rings (SSSR count). The number of nitrogens with zero attached hydrogens (tertiary/aromatic N) is 5. The fraction of sp³-hybridized carbons (Fsp3) is 0.706. The third-order valence-corrected chi connectivity index (χ3v) is 7.47. The predicted molar refractivity (Wildman–Crippen MR) is 96.4 cm³/mol. The summed E-state index contributed by atoms with van der Waals surface area (Å²) in [4.78, 5) is 31.9. The Hall–Kier alpha value is -1.94. The molecule has 0 aromatic carbocycles. The summed E-state index contributed by atoms with van der Waals surface area (Å²) in [5.41, 5.74) is 0. The van der Waals surface area contributed by atoms with Crippen LogP contribution in [0.4, 0.5) is 4.79 Å². The summed E-state index contributed by atoms with van der Waals surface area (Å²) < 4.78 is 29.0. The van der Waals surface area contributed by atoms with Crippen LogP contribution in [0.3, 0.4) is 0 Å². The minimum absolute atomic E-state index is 0.0763. The van der Waals surface area contributed by atoms with E-state index < -0.39 is 10.0 Å². The van der Waals surface area contributed by atoms with Gasteiger partial charge in [0.2, 0.25) is 0 Å². The van der Waals surface area contributed by atoms with Crippen molar-refractivity contribution in [1.29, 1.82) is 0 Å². The normalized spacial score (nSPS) is 22.9. The van der Waals surface area contributed by atoms with Gasteiger partial charge in [0.1, 0.15) is 12.4 Å². The molecule has 0 unspecified atom stereocenters. The number of imide groups is 1. The van der Waals surface area contributed by atoms with E-state index in [-0.39, 0.29) is 35.6 Å². The van der Waals surface area contributed by atoms with Crippen LogP contribution in [0.2, 0.25) is 0 Å². The topological polar surface area (TPSA) is 95.8 Å². The van der Waals surface area contributed by atoms with Crippen LogP contribution in [0.15, 0.2) is 11.2 Å². The molecule has 3 amide bonds. The number of rotatable bonds is 5. The predicted octanol–water partition coefficient (Wildman–Crippen LogP) is 0.791. The molecule has 1 aliphatic carbocycles. The summed E-state index contributed by atoms with van der Waals surface area (Å²) in [5.74, 6) is 0.547. The standard InChI is InChI=1S/C17H25N5O4S/c1-3-19-10-15(18-12(19)2)27(25,26)20-8-6-13(7-9-20)21-11-16(23)22(17(21)24)14-4-5-14/h10,13-14H,3-9,11H2,1-2H3. The van der Waals surface area contributed by atoms with Gasteiger partial charge in [0, 0.05) is 37.9 Å².